The van der Waals surface area contributed by atoms with Crippen molar-refractivity contribution in [2.24, 2.45) is 5.92 Å². The van der Waals surface area contributed by atoms with Gasteiger partial charge in [-0.15, -0.1) is 0 Å². The van der Waals surface area contributed by atoms with Crippen LogP contribution in [0.1, 0.15) is 36.4 Å². The highest BCUT2D eigenvalue weighted by Crippen LogP contribution is 2.51. The van der Waals surface area contributed by atoms with Crippen LogP contribution in [0.2, 0.25) is 0 Å². The van der Waals surface area contributed by atoms with Gasteiger partial charge in [0.15, 0.2) is 0 Å². The largest absolute Gasteiger partial charge is 0.481 e. The van der Waals surface area contributed by atoms with Gasteiger partial charge in [-0.2, -0.15) is 15.4 Å². The summed E-state index contributed by atoms with van der Waals surface area (Å²) in [4.78, 5) is 26.1. The molecule has 0 radical (unpaired) electrons. The lowest BCUT2D eigenvalue weighted by atomic mass is 9.91. The number of nitrogens with one attached hydrogen (secondary N) is 1. The average molecular weight is 358 g/mol. The maximum absolute atomic E-state index is 14.3. The van der Waals surface area contributed by atoms with E-state index in [9.17, 15) is 19.1 Å². The number of rotatable bonds is 5. The number of H-pyrrole nitrogens is 1. The summed E-state index contributed by atoms with van der Waals surface area (Å²) >= 11 is 0. The predicted octanol–water partition coefficient (Wildman–Crippen LogP) is 1.69. The minimum absolute atomic E-state index is 0.0476. The summed E-state index contributed by atoms with van der Waals surface area (Å²) in [5.74, 6) is -1.83. The second-order valence-corrected chi connectivity index (χ2v) is 7.13. The Kier molecular flexibility index (Phi) is 3.97. The SMILES string of the molecule is O=C(O)C[C@H]1CN(C(=O)C2(c3ccccc3F)CC2)C[C@H]1c1cn[nH]n1. The third-order valence-corrected chi connectivity index (χ3v) is 5.53. The zero-order chi connectivity index (χ0) is 18.3. The Morgan fingerprint density at radius 1 is 1.31 bits per heavy atom. The molecule has 2 atom stereocenters. The Hall–Kier alpha value is -2.77. The molecule has 2 N–H and O–H groups in total. The highest BCUT2D eigenvalue weighted by molar-refractivity contribution is 5.91. The predicted molar refractivity (Wildman–Crippen MR) is 88.8 cm³/mol. The fourth-order valence-electron chi connectivity index (χ4n) is 4.07. The van der Waals surface area contributed by atoms with Crippen molar-refractivity contribution in [1.29, 1.82) is 0 Å². The zero-order valence-corrected chi connectivity index (χ0v) is 14.1. The fourth-order valence-corrected chi connectivity index (χ4v) is 4.07. The minimum atomic E-state index is -0.909. The second-order valence-electron chi connectivity index (χ2n) is 7.13. The van der Waals surface area contributed by atoms with Gasteiger partial charge in [-0.05, 0) is 24.8 Å². The molecule has 0 bridgehead atoms. The maximum atomic E-state index is 14.3. The molecule has 8 heteroatoms. The van der Waals surface area contributed by atoms with Crippen LogP contribution in [0.25, 0.3) is 0 Å². The number of likely N-dealkylation sites (tertiary alicyclic amines) is 1. The number of nitrogens with zero attached hydrogens (tertiary/aromatic N) is 3. The van der Waals surface area contributed by atoms with Gasteiger partial charge in [-0.25, -0.2) is 4.39 Å². The van der Waals surface area contributed by atoms with E-state index >= 15 is 0 Å². The third kappa shape index (κ3) is 2.75. The van der Waals surface area contributed by atoms with Crippen LogP contribution in [0.5, 0.6) is 0 Å². The molecule has 26 heavy (non-hydrogen) atoms. The molecule has 2 heterocycles. The molecule has 1 aromatic carbocycles. The molecule has 7 nitrogen and oxygen atoms in total. The normalized spacial score (nSPS) is 23.8. The highest BCUT2D eigenvalue weighted by atomic mass is 19.1. The Morgan fingerprint density at radius 3 is 2.69 bits per heavy atom. The lowest BCUT2D eigenvalue weighted by Crippen LogP contribution is -2.38. The van der Waals surface area contributed by atoms with Crippen LogP contribution >= 0.6 is 0 Å². The first kappa shape index (κ1) is 16.7. The quantitative estimate of drug-likeness (QED) is 0.847. The van der Waals surface area contributed by atoms with Crippen molar-refractivity contribution < 1.29 is 19.1 Å². The number of aromatic nitrogens is 3. The molecule has 0 spiro atoms. The van der Waals surface area contributed by atoms with E-state index in [1.54, 1.807) is 29.3 Å². The molecule has 1 aromatic heterocycles. The van der Waals surface area contributed by atoms with Crippen LogP contribution in [0.4, 0.5) is 4.39 Å². The van der Waals surface area contributed by atoms with Gasteiger partial charge in [0.2, 0.25) is 5.91 Å². The van der Waals surface area contributed by atoms with Crippen LogP contribution in [0.3, 0.4) is 0 Å². The summed E-state index contributed by atoms with van der Waals surface area (Å²) < 4.78 is 14.3. The highest BCUT2D eigenvalue weighted by Gasteiger charge is 2.56. The number of aliphatic carboxylic acids is 1. The lowest BCUT2D eigenvalue weighted by molar-refractivity contribution is -0.138. The molecule has 1 aliphatic heterocycles. The van der Waals surface area contributed by atoms with Crippen molar-refractivity contribution in [3.8, 4) is 0 Å². The van der Waals surface area contributed by atoms with E-state index in [-0.39, 0.29) is 30.0 Å². The van der Waals surface area contributed by atoms with E-state index in [4.69, 9.17) is 0 Å². The van der Waals surface area contributed by atoms with E-state index in [0.717, 1.165) is 0 Å². The number of amides is 1. The monoisotopic (exact) mass is 358 g/mol. The van der Waals surface area contributed by atoms with Crippen LogP contribution < -0.4 is 0 Å². The maximum Gasteiger partial charge on any atom is 0.303 e. The molecule has 1 saturated heterocycles. The van der Waals surface area contributed by atoms with E-state index in [1.807, 2.05) is 0 Å². The first-order valence-corrected chi connectivity index (χ1v) is 8.63. The zero-order valence-electron chi connectivity index (χ0n) is 14.1. The molecule has 1 amide bonds. The van der Waals surface area contributed by atoms with Gasteiger partial charge in [0.25, 0.3) is 0 Å². The van der Waals surface area contributed by atoms with Crippen LogP contribution in [-0.4, -0.2) is 50.4 Å². The fraction of sp³-hybridized carbons (Fsp3) is 0.444. The number of carbonyl (C=O) groups excluding carboxylic acids is 1. The van der Waals surface area contributed by atoms with Crippen molar-refractivity contribution in [2.75, 3.05) is 13.1 Å². The van der Waals surface area contributed by atoms with E-state index in [1.165, 1.54) is 6.07 Å². The number of aromatic amines is 1. The van der Waals surface area contributed by atoms with Gasteiger partial charge < -0.3 is 10.0 Å². The Balaban J connectivity index is 1.59. The number of carboxylic acids is 1. The average Bonchev–Trinajstić information content (AvgIpc) is 3.03. The van der Waals surface area contributed by atoms with Crippen molar-refractivity contribution in [1.82, 2.24) is 20.3 Å². The summed E-state index contributed by atoms with van der Waals surface area (Å²) in [5.41, 5.74) is 0.282. The molecule has 4 rings (SSSR count). The van der Waals surface area contributed by atoms with Crippen molar-refractivity contribution in [2.45, 2.75) is 30.6 Å². The third-order valence-electron chi connectivity index (χ3n) is 5.53. The van der Waals surface area contributed by atoms with Crippen LogP contribution in [-0.2, 0) is 15.0 Å². The molecule has 1 aliphatic carbocycles. The molecule has 2 aromatic rings. The minimum Gasteiger partial charge on any atom is -0.481 e. The van der Waals surface area contributed by atoms with Gasteiger partial charge in [0.1, 0.15) is 5.82 Å². The molecule has 2 fully saturated rings. The van der Waals surface area contributed by atoms with Gasteiger partial charge in [0, 0.05) is 24.6 Å². The van der Waals surface area contributed by atoms with E-state index < -0.39 is 11.4 Å². The molecule has 0 unspecified atom stereocenters. The first-order valence-electron chi connectivity index (χ1n) is 8.63. The van der Waals surface area contributed by atoms with Crippen LogP contribution in [0.15, 0.2) is 30.5 Å². The number of carboxylic acid groups (broad SMARTS) is 1. The summed E-state index contributed by atoms with van der Waals surface area (Å²) in [6.07, 6.45) is 2.74. The van der Waals surface area contributed by atoms with Gasteiger partial charge >= 0.3 is 5.97 Å². The first-order chi connectivity index (χ1) is 12.5. The van der Waals surface area contributed by atoms with Gasteiger partial charge in [0.05, 0.1) is 23.7 Å². The van der Waals surface area contributed by atoms with Crippen molar-refractivity contribution >= 4 is 11.9 Å². The smallest absolute Gasteiger partial charge is 0.303 e. The van der Waals surface area contributed by atoms with Crippen molar-refractivity contribution in [3.63, 3.8) is 0 Å². The molecule has 1 saturated carbocycles. The molecule has 2 aliphatic rings. The van der Waals surface area contributed by atoms with Gasteiger partial charge in [-0.3, -0.25) is 9.59 Å². The van der Waals surface area contributed by atoms with Crippen LogP contribution in [0, 0.1) is 11.7 Å². The molecular formula is C18H19FN4O3. The number of carbonyl (C=O) groups is 2. The van der Waals surface area contributed by atoms with E-state index in [2.05, 4.69) is 15.4 Å². The summed E-state index contributed by atoms with van der Waals surface area (Å²) in [6, 6.07) is 6.39. The topological polar surface area (TPSA) is 99.2 Å². The summed E-state index contributed by atoms with van der Waals surface area (Å²) in [7, 11) is 0. The van der Waals surface area contributed by atoms with E-state index in [0.29, 0.717) is 37.2 Å². The molecular weight excluding hydrogens is 339 g/mol. The summed E-state index contributed by atoms with van der Waals surface area (Å²) in [6.45, 7) is 0.707. The summed E-state index contributed by atoms with van der Waals surface area (Å²) in [5, 5.41) is 19.6. The van der Waals surface area contributed by atoms with Gasteiger partial charge in [-0.1, -0.05) is 18.2 Å². The Bertz CT molecular complexity index is 835. The Labute approximate surface area is 149 Å². The molecule has 136 valence electrons. The standard InChI is InChI=1S/C18H19FN4O3/c19-14-4-2-1-3-13(14)18(5-6-18)17(26)23-9-11(7-16(24)25)12(10-23)15-8-20-22-21-15/h1-4,8,11-12H,5-7,9-10H2,(H,24,25)(H,20,21,22)/t11-,12+/m0/s1. The number of halogens is 1. The number of hydrogen-bond donors (Lipinski definition) is 2. The Morgan fingerprint density at radius 2 is 2.08 bits per heavy atom. The number of hydrogen-bond acceptors (Lipinski definition) is 4. The van der Waals surface area contributed by atoms with Crippen molar-refractivity contribution in [3.05, 3.63) is 47.5 Å². The second kappa shape index (κ2) is 6.19. The number of benzene rings is 1. The lowest BCUT2D eigenvalue weighted by Gasteiger charge is -2.24.